The van der Waals surface area contributed by atoms with E-state index in [1.807, 2.05) is 13.2 Å². The summed E-state index contributed by atoms with van der Waals surface area (Å²) in [5.41, 5.74) is 0. The fraction of sp³-hybridized carbons (Fsp3) is 0.750. The first-order valence-corrected chi connectivity index (χ1v) is 9.09. The SMILES string of the molecule is CCc1cnc(CN(C)C(=O)NC[C@H](C)N2CCOC[C@@H]2C)s1. The zero-order valence-corrected chi connectivity index (χ0v) is 15.4. The minimum atomic E-state index is -0.0500. The molecule has 0 radical (unpaired) electrons. The molecular weight excluding hydrogens is 312 g/mol. The second kappa shape index (κ2) is 8.61. The van der Waals surface area contributed by atoms with E-state index in [0.29, 0.717) is 25.2 Å². The van der Waals surface area contributed by atoms with Crippen LogP contribution < -0.4 is 5.32 Å². The van der Waals surface area contributed by atoms with Crippen LogP contribution in [0.3, 0.4) is 0 Å². The number of urea groups is 1. The maximum atomic E-state index is 12.2. The molecule has 0 unspecified atom stereocenters. The number of carbonyl (C=O) groups excluding carboxylic acids is 1. The molecule has 1 aromatic rings. The number of ether oxygens (including phenoxy) is 1. The molecule has 1 saturated heterocycles. The zero-order chi connectivity index (χ0) is 16.8. The van der Waals surface area contributed by atoms with Crippen molar-refractivity contribution in [2.24, 2.45) is 0 Å². The van der Waals surface area contributed by atoms with Crippen LogP contribution in [0.25, 0.3) is 0 Å². The van der Waals surface area contributed by atoms with Gasteiger partial charge in [-0.15, -0.1) is 11.3 Å². The lowest BCUT2D eigenvalue weighted by atomic mass is 10.2. The fourth-order valence-electron chi connectivity index (χ4n) is 2.74. The Hall–Kier alpha value is -1.18. The molecule has 2 rings (SSSR count). The van der Waals surface area contributed by atoms with Gasteiger partial charge in [-0.3, -0.25) is 4.90 Å². The smallest absolute Gasteiger partial charge is 0.317 e. The van der Waals surface area contributed by atoms with Crippen LogP contribution >= 0.6 is 11.3 Å². The maximum Gasteiger partial charge on any atom is 0.317 e. The summed E-state index contributed by atoms with van der Waals surface area (Å²) >= 11 is 1.67. The van der Waals surface area contributed by atoms with Gasteiger partial charge in [0.15, 0.2) is 0 Å². The van der Waals surface area contributed by atoms with Crippen LogP contribution in [0.4, 0.5) is 4.79 Å². The summed E-state index contributed by atoms with van der Waals surface area (Å²) in [6.07, 6.45) is 2.89. The molecule has 1 aromatic heterocycles. The van der Waals surface area contributed by atoms with E-state index in [4.69, 9.17) is 4.74 Å². The highest BCUT2D eigenvalue weighted by Crippen LogP contribution is 2.15. The Morgan fingerprint density at radius 1 is 1.65 bits per heavy atom. The van der Waals surface area contributed by atoms with E-state index < -0.39 is 0 Å². The molecular formula is C16H28N4O2S. The molecule has 23 heavy (non-hydrogen) atoms. The highest BCUT2D eigenvalue weighted by molar-refractivity contribution is 7.11. The van der Waals surface area contributed by atoms with Crippen LogP contribution in [0.5, 0.6) is 0 Å². The van der Waals surface area contributed by atoms with Gasteiger partial charge in [0.25, 0.3) is 0 Å². The standard InChI is InChI=1S/C16H28N4O2S/c1-5-14-9-17-15(23-14)10-19(4)16(21)18-8-12(2)20-6-7-22-11-13(20)3/h9,12-13H,5-8,10-11H2,1-4H3,(H,18,21)/t12-,13-/m0/s1. The molecule has 1 fully saturated rings. The first-order valence-electron chi connectivity index (χ1n) is 8.27. The van der Waals surface area contributed by atoms with Gasteiger partial charge >= 0.3 is 6.03 Å². The largest absolute Gasteiger partial charge is 0.379 e. The average Bonchev–Trinajstić information content (AvgIpc) is 3.00. The van der Waals surface area contributed by atoms with Crippen LogP contribution in [-0.4, -0.2) is 66.2 Å². The van der Waals surface area contributed by atoms with Crippen molar-refractivity contribution in [3.63, 3.8) is 0 Å². The zero-order valence-electron chi connectivity index (χ0n) is 14.5. The molecule has 1 aliphatic rings. The summed E-state index contributed by atoms with van der Waals surface area (Å²) < 4.78 is 5.46. The lowest BCUT2D eigenvalue weighted by Crippen LogP contribution is -2.52. The molecule has 2 atom stereocenters. The van der Waals surface area contributed by atoms with Gasteiger partial charge in [-0.2, -0.15) is 0 Å². The third-order valence-corrected chi connectivity index (χ3v) is 5.33. The number of carbonyl (C=O) groups is 1. The predicted molar refractivity (Wildman–Crippen MR) is 92.8 cm³/mol. The van der Waals surface area contributed by atoms with Crippen LogP contribution in [0.15, 0.2) is 6.20 Å². The monoisotopic (exact) mass is 340 g/mol. The van der Waals surface area contributed by atoms with Crippen LogP contribution in [0, 0.1) is 0 Å². The van der Waals surface area contributed by atoms with E-state index >= 15 is 0 Å². The van der Waals surface area contributed by atoms with Crippen molar-refractivity contribution in [3.05, 3.63) is 16.1 Å². The van der Waals surface area contributed by atoms with E-state index in [9.17, 15) is 4.79 Å². The quantitative estimate of drug-likeness (QED) is 0.860. The molecule has 2 amide bonds. The van der Waals surface area contributed by atoms with Gasteiger partial charge in [0.05, 0.1) is 19.8 Å². The number of thiazole rings is 1. The Morgan fingerprint density at radius 3 is 3.09 bits per heavy atom. The van der Waals surface area contributed by atoms with Crippen LogP contribution in [0.2, 0.25) is 0 Å². The highest BCUT2D eigenvalue weighted by atomic mass is 32.1. The average molecular weight is 340 g/mol. The summed E-state index contributed by atoms with van der Waals surface area (Å²) in [7, 11) is 1.81. The Labute approximate surface area is 142 Å². The number of rotatable bonds is 6. The van der Waals surface area contributed by atoms with E-state index in [2.05, 4.69) is 36.0 Å². The Kier molecular flexibility index (Phi) is 6.80. The van der Waals surface area contributed by atoms with E-state index in [0.717, 1.165) is 31.2 Å². The Morgan fingerprint density at radius 2 is 2.43 bits per heavy atom. The molecule has 130 valence electrons. The van der Waals surface area contributed by atoms with Gasteiger partial charge in [-0.25, -0.2) is 9.78 Å². The maximum absolute atomic E-state index is 12.2. The lowest BCUT2D eigenvalue weighted by Gasteiger charge is -2.38. The minimum Gasteiger partial charge on any atom is -0.379 e. The minimum absolute atomic E-state index is 0.0500. The van der Waals surface area contributed by atoms with Crippen molar-refractivity contribution < 1.29 is 9.53 Å². The van der Waals surface area contributed by atoms with Gasteiger partial charge in [0.2, 0.25) is 0 Å². The number of nitrogens with zero attached hydrogens (tertiary/aromatic N) is 3. The summed E-state index contributed by atoms with van der Waals surface area (Å²) in [5, 5.41) is 4.00. The van der Waals surface area contributed by atoms with E-state index in [1.165, 1.54) is 4.88 Å². The molecule has 0 aliphatic carbocycles. The van der Waals surface area contributed by atoms with Crippen molar-refractivity contribution in [3.8, 4) is 0 Å². The van der Waals surface area contributed by atoms with Crippen LogP contribution in [0.1, 0.15) is 30.7 Å². The highest BCUT2D eigenvalue weighted by Gasteiger charge is 2.24. The summed E-state index contributed by atoms with van der Waals surface area (Å²) in [6, 6.07) is 0.653. The second-order valence-electron chi connectivity index (χ2n) is 6.13. The van der Waals surface area contributed by atoms with Crippen LogP contribution in [-0.2, 0) is 17.7 Å². The lowest BCUT2D eigenvalue weighted by molar-refractivity contribution is -0.0177. The normalized spacial score (nSPS) is 20.3. The number of morpholine rings is 1. The van der Waals surface area contributed by atoms with Gasteiger partial charge in [0, 0.05) is 43.3 Å². The summed E-state index contributed by atoms with van der Waals surface area (Å²) in [5.74, 6) is 0. The van der Waals surface area contributed by atoms with E-state index in [1.54, 1.807) is 16.2 Å². The predicted octanol–water partition coefficient (Wildman–Crippen LogP) is 1.96. The molecule has 2 heterocycles. The topological polar surface area (TPSA) is 57.7 Å². The molecule has 1 N–H and O–H groups in total. The summed E-state index contributed by atoms with van der Waals surface area (Å²) in [6.45, 7) is 10.1. The van der Waals surface area contributed by atoms with Crippen molar-refractivity contribution in [1.29, 1.82) is 0 Å². The van der Waals surface area contributed by atoms with E-state index in [-0.39, 0.29) is 6.03 Å². The number of hydrogen-bond donors (Lipinski definition) is 1. The number of aromatic nitrogens is 1. The van der Waals surface area contributed by atoms with Crippen molar-refractivity contribution in [2.75, 3.05) is 33.4 Å². The molecule has 1 aliphatic heterocycles. The van der Waals surface area contributed by atoms with Crippen molar-refractivity contribution >= 4 is 17.4 Å². The van der Waals surface area contributed by atoms with Crippen molar-refractivity contribution in [2.45, 2.75) is 45.8 Å². The third-order valence-electron chi connectivity index (χ3n) is 4.20. The molecule has 7 heteroatoms. The number of aryl methyl sites for hydroxylation is 1. The Balaban J connectivity index is 1.76. The van der Waals surface area contributed by atoms with Gasteiger partial charge in [-0.05, 0) is 20.3 Å². The van der Waals surface area contributed by atoms with Gasteiger partial charge in [0.1, 0.15) is 5.01 Å². The molecule has 0 aromatic carbocycles. The first kappa shape index (κ1) is 18.2. The molecule has 0 bridgehead atoms. The number of nitrogens with one attached hydrogen (secondary N) is 1. The molecule has 6 nitrogen and oxygen atoms in total. The van der Waals surface area contributed by atoms with Gasteiger partial charge in [-0.1, -0.05) is 6.92 Å². The van der Waals surface area contributed by atoms with Crippen molar-refractivity contribution in [1.82, 2.24) is 20.1 Å². The first-order chi connectivity index (χ1) is 11.0. The summed E-state index contributed by atoms with van der Waals surface area (Å²) in [4.78, 5) is 21.9. The molecule has 0 spiro atoms. The second-order valence-corrected chi connectivity index (χ2v) is 7.33. The fourth-order valence-corrected chi connectivity index (χ4v) is 3.66. The third kappa shape index (κ3) is 5.16. The van der Waals surface area contributed by atoms with Gasteiger partial charge < -0.3 is 15.0 Å². The number of amides is 2. The number of hydrogen-bond acceptors (Lipinski definition) is 5. The Bertz CT molecular complexity index is 508. The molecule has 0 saturated carbocycles.